The minimum atomic E-state index is -0.691. The highest BCUT2D eigenvalue weighted by molar-refractivity contribution is 6.32. The molecule has 2 N–H and O–H groups in total. The molecule has 0 atom stereocenters. The van der Waals surface area contributed by atoms with E-state index in [0.29, 0.717) is 0 Å². The van der Waals surface area contributed by atoms with Crippen molar-refractivity contribution in [1.29, 1.82) is 0 Å². The molecule has 0 spiro atoms. The number of halogens is 1. The lowest BCUT2D eigenvalue weighted by atomic mass is 10.1. The van der Waals surface area contributed by atoms with Crippen LogP contribution in [0, 0.1) is 10.1 Å². The Morgan fingerprint density at radius 1 is 1.53 bits per heavy atom. The van der Waals surface area contributed by atoms with E-state index < -0.39 is 10.8 Å². The van der Waals surface area contributed by atoms with Crippen LogP contribution < -0.4 is 5.73 Å². The van der Waals surface area contributed by atoms with Gasteiger partial charge in [-0.2, -0.15) is 0 Å². The Bertz CT molecular complexity index is 443. The molecule has 0 saturated heterocycles. The summed E-state index contributed by atoms with van der Waals surface area (Å²) in [6.07, 6.45) is 2.25. The van der Waals surface area contributed by atoms with Crippen LogP contribution in [0.2, 0.25) is 5.02 Å². The first kappa shape index (κ1) is 11.2. The van der Waals surface area contributed by atoms with Crippen LogP contribution in [-0.2, 0) is 4.79 Å². The number of carbonyl (C=O) groups is 1. The Labute approximate surface area is 90.3 Å². The highest BCUT2D eigenvalue weighted by Crippen LogP contribution is 2.27. The number of nitrogens with two attached hydrogens (primary N) is 1. The monoisotopic (exact) mass is 226 g/mol. The van der Waals surface area contributed by atoms with E-state index in [4.69, 9.17) is 17.3 Å². The molecule has 5 nitrogen and oxygen atoms in total. The molecule has 15 heavy (non-hydrogen) atoms. The van der Waals surface area contributed by atoms with Crippen LogP contribution in [0.5, 0.6) is 0 Å². The fourth-order valence-electron chi connectivity index (χ4n) is 1.02. The molecular formula is C9H7ClN2O3. The summed E-state index contributed by atoms with van der Waals surface area (Å²) in [7, 11) is 0. The van der Waals surface area contributed by atoms with E-state index in [-0.39, 0.29) is 16.3 Å². The van der Waals surface area contributed by atoms with Gasteiger partial charge in [-0.1, -0.05) is 17.7 Å². The number of nitrogens with zero attached hydrogens (tertiary/aromatic N) is 1. The summed E-state index contributed by atoms with van der Waals surface area (Å²) in [5, 5.41) is 10.8. The third-order valence-electron chi connectivity index (χ3n) is 1.64. The summed E-state index contributed by atoms with van der Waals surface area (Å²) in [6, 6.07) is 4.25. The molecule has 0 bridgehead atoms. The van der Waals surface area contributed by atoms with Crippen LogP contribution in [-0.4, -0.2) is 10.8 Å². The van der Waals surface area contributed by atoms with Gasteiger partial charge in [-0.25, -0.2) is 0 Å². The number of hydrogen-bond acceptors (Lipinski definition) is 3. The maximum absolute atomic E-state index is 10.6. The van der Waals surface area contributed by atoms with E-state index >= 15 is 0 Å². The number of rotatable bonds is 3. The van der Waals surface area contributed by atoms with Crippen LogP contribution in [0.15, 0.2) is 24.3 Å². The summed E-state index contributed by atoms with van der Waals surface area (Å²) < 4.78 is 0. The molecule has 1 aromatic rings. The summed E-state index contributed by atoms with van der Waals surface area (Å²) in [6.45, 7) is 0. The Hall–Kier alpha value is -1.88. The van der Waals surface area contributed by atoms with Crippen LogP contribution in [0.25, 0.3) is 6.08 Å². The quantitative estimate of drug-likeness (QED) is 0.484. The maximum atomic E-state index is 10.6. The molecule has 6 heteroatoms. The number of hydrogen-bond donors (Lipinski definition) is 1. The van der Waals surface area contributed by atoms with Crippen LogP contribution in [0.1, 0.15) is 5.56 Å². The maximum Gasteiger partial charge on any atom is 0.278 e. The van der Waals surface area contributed by atoms with Gasteiger partial charge in [0, 0.05) is 12.1 Å². The zero-order valence-corrected chi connectivity index (χ0v) is 8.27. The first-order valence-electron chi connectivity index (χ1n) is 3.93. The number of primary amides is 1. The van der Waals surface area contributed by atoms with Gasteiger partial charge in [0.25, 0.3) is 5.69 Å². The molecule has 1 rings (SSSR count). The van der Waals surface area contributed by atoms with Gasteiger partial charge in [-0.05, 0) is 12.1 Å². The lowest BCUT2D eigenvalue weighted by Crippen LogP contribution is -2.05. The van der Waals surface area contributed by atoms with Gasteiger partial charge in [-0.3, -0.25) is 14.9 Å². The SMILES string of the molecule is NC(=O)/C=C/c1c(Cl)cccc1[N+](=O)[O-]. The average Bonchev–Trinajstić information content (AvgIpc) is 2.15. The standard InChI is InChI=1S/C9H7ClN2O3/c10-7-2-1-3-8(12(14)15)6(7)4-5-9(11)13/h1-5H,(H2,11,13)/b5-4+. The molecule has 1 amide bonds. The van der Waals surface area contributed by atoms with Crippen molar-refractivity contribution in [2.45, 2.75) is 0 Å². The van der Waals surface area contributed by atoms with Gasteiger partial charge >= 0.3 is 0 Å². The van der Waals surface area contributed by atoms with Crippen molar-refractivity contribution in [3.05, 3.63) is 45.0 Å². The van der Waals surface area contributed by atoms with Crippen molar-refractivity contribution >= 4 is 29.3 Å². The number of carbonyl (C=O) groups excluding carboxylic acids is 1. The molecule has 0 aliphatic heterocycles. The first-order chi connectivity index (χ1) is 7.02. The van der Waals surface area contributed by atoms with Gasteiger partial charge in [0.2, 0.25) is 5.91 Å². The molecule has 0 unspecified atom stereocenters. The molecule has 0 saturated carbocycles. The predicted molar refractivity (Wildman–Crippen MR) is 56.3 cm³/mol. The largest absolute Gasteiger partial charge is 0.366 e. The number of nitro groups is 1. The smallest absolute Gasteiger partial charge is 0.278 e. The zero-order valence-electron chi connectivity index (χ0n) is 7.51. The van der Waals surface area contributed by atoms with Crippen molar-refractivity contribution in [3.63, 3.8) is 0 Å². The molecule has 1 aromatic carbocycles. The summed E-state index contributed by atoms with van der Waals surface area (Å²) in [5.41, 5.74) is 4.88. The summed E-state index contributed by atoms with van der Waals surface area (Å²) in [4.78, 5) is 20.5. The summed E-state index contributed by atoms with van der Waals surface area (Å²) in [5.74, 6) is -0.691. The Morgan fingerprint density at radius 2 is 2.20 bits per heavy atom. The van der Waals surface area contributed by atoms with Crippen molar-refractivity contribution in [2.24, 2.45) is 5.73 Å². The molecule has 0 heterocycles. The topological polar surface area (TPSA) is 86.2 Å². The molecule has 0 aromatic heterocycles. The van der Waals surface area contributed by atoms with Crippen LogP contribution in [0.4, 0.5) is 5.69 Å². The lowest BCUT2D eigenvalue weighted by Gasteiger charge is -1.99. The minimum absolute atomic E-state index is 0.167. The van der Waals surface area contributed by atoms with E-state index in [1.54, 1.807) is 0 Å². The number of nitro benzene ring substituents is 1. The lowest BCUT2D eigenvalue weighted by molar-refractivity contribution is -0.385. The second-order valence-corrected chi connectivity index (χ2v) is 3.07. The third-order valence-corrected chi connectivity index (χ3v) is 1.97. The van der Waals surface area contributed by atoms with Crippen LogP contribution >= 0.6 is 11.6 Å². The number of benzene rings is 1. The molecule has 0 aliphatic carbocycles. The first-order valence-corrected chi connectivity index (χ1v) is 4.30. The highest BCUT2D eigenvalue weighted by atomic mass is 35.5. The van der Waals surface area contributed by atoms with Crippen molar-refractivity contribution in [3.8, 4) is 0 Å². The van der Waals surface area contributed by atoms with Gasteiger partial charge in [-0.15, -0.1) is 0 Å². The van der Waals surface area contributed by atoms with Gasteiger partial charge < -0.3 is 5.73 Å². The average molecular weight is 227 g/mol. The molecule has 78 valence electrons. The Kier molecular flexibility index (Phi) is 3.41. The zero-order chi connectivity index (χ0) is 11.4. The fraction of sp³-hybridized carbons (Fsp3) is 0. The molecular weight excluding hydrogens is 220 g/mol. The molecule has 0 fully saturated rings. The van der Waals surface area contributed by atoms with E-state index in [9.17, 15) is 14.9 Å². The number of amides is 1. The third kappa shape index (κ3) is 2.78. The minimum Gasteiger partial charge on any atom is -0.366 e. The normalized spacial score (nSPS) is 10.5. The van der Waals surface area contributed by atoms with Gasteiger partial charge in [0.1, 0.15) is 0 Å². The van der Waals surface area contributed by atoms with E-state index in [1.165, 1.54) is 24.3 Å². The highest BCUT2D eigenvalue weighted by Gasteiger charge is 2.13. The molecule has 0 aliphatic rings. The predicted octanol–water partition coefficient (Wildman–Crippen LogP) is 1.75. The van der Waals surface area contributed by atoms with E-state index in [1.807, 2.05) is 0 Å². The van der Waals surface area contributed by atoms with E-state index in [0.717, 1.165) is 6.08 Å². The Morgan fingerprint density at radius 3 is 2.73 bits per heavy atom. The van der Waals surface area contributed by atoms with Crippen molar-refractivity contribution in [2.75, 3.05) is 0 Å². The summed E-state index contributed by atoms with van der Waals surface area (Å²) >= 11 is 5.75. The molecule has 0 radical (unpaired) electrons. The Balaban J connectivity index is 3.25. The van der Waals surface area contributed by atoms with Crippen molar-refractivity contribution in [1.82, 2.24) is 0 Å². The van der Waals surface area contributed by atoms with Crippen LogP contribution in [0.3, 0.4) is 0 Å². The van der Waals surface area contributed by atoms with Crippen molar-refractivity contribution < 1.29 is 9.72 Å². The second kappa shape index (κ2) is 4.56. The fourth-order valence-corrected chi connectivity index (χ4v) is 1.25. The van der Waals surface area contributed by atoms with Gasteiger partial charge in [0.05, 0.1) is 15.5 Å². The van der Waals surface area contributed by atoms with E-state index in [2.05, 4.69) is 0 Å². The van der Waals surface area contributed by atoms with Gasteiger partial charge in [0.15, 0.2) is 0 Å². The second-order valence-electron chi connectivity index (χ2n) is 2.67.